The van der Waals surface area contributed by atoms with Crippen LogP contribution < -0.4 is 5.32 Å². The van der Waals surface area contributed by atoms with Gasteiger partial charge in [-0.2, -0.15) is 0 Å². The van der Waals surface area contributed by atoms with Crippen molar-refractivity contribution in [2.24, 2.45) is 5.92 Å². The molecule has 0 bridgehead atoms. The van der Waals surface area contributed by atoms with Gasteiger partial charge in [-0.15, -0.1) is 0 Å². The monoisotopic (exact) mass is 362 g/mol. The first-order chi connectivity index (χ1) is 13.0. The molecule has 0 aliphatic rings. The Balaban J connectivity index is 1.78. The number of amides is 2. The second-order valence-electron chi connectivity index (χ2n) is 7.18. The van der Waals surface area contributed by atoms with E-state index in [2.05, 4.69) is 19.2 Å². The van der Waals surface area contributed by atoms with Gasteiger partial charge in [0, 0.05) is 11.9 Å². The van der Waals surface area contributed by atoms with E-state index < -0.39 is 6.10 Å². The zero-order chi connectivity index (χ0) is 19.2. The van der Waals surface area contributed by atoms with Gasteiger partial charge < -0.3 is 15.3 Å². The predicted octanol–water partition coefficient (Wildman–Crippen LogP) is 5.06. The Kier molecular flexibility index (Phi) is 6.09. The normalized spacial score (nSPS) is 12.1. The fraction of sp³-hybridized carbons (Fsp3) is 0.261. The quantitative estimate of drug-likeness (QED) is 0.644. The fourth-order valence-corrected chi connectivity index (χ4v) is 3.20. The van der Waals surface area contributed by atoms with E-state index in [0.717, 1.165) is 22.0 Å². The summed E-state index contributed by atoms with van der Waals surface area (Å²) in [4.78, 5) is 14.6. The van der Waals surface area contributed by atoms with Crippen molar-refractivity contribution in [3.8, 4) is 0 Å². The van der Waals surface area contributed by atoms with Crippen LogP contribution in [0.15, 0.2) is 72.8 Å². The fourth-order valence-electron chi connectivity index (χ4n) is 3.20. The van der Waals surface area contributed by atoms with Crippen molar-refractivity contribution in [1.29, 1.82) is 0 Å². The van der Waals surface area contributed by atoms with Crippen LogP contribution in [0, 0.1) is 5.92 Å². The van der Waals surface area contributed by atoms with Gasteiger partial charge in [0.15, 0.2) is 0 Å². The highest BCUT2D eigenvalue weighted by molar-refractivity contribution is 6.01. The minimum Gasteiger partial charge on any atom is -0.387 e. The topological polar surface area (TPSA) is 52.6 Å². The van der Waals surface area contributed by atoms with Crippen molar-refractivity contribution < 1.29 is 9.90 Å². The maximum Gasteiger partial charge on any atom is 0.321 e. The summed E-state index contributed by atoms with van der Waals surface area (Å²) in [5.41, 5.74) is 1.59. The molecule has 1 atom stereocenters. The molecular weight excluding hydrogens is 336 g/mol. The average Bonchev–Trinajstić information content (AvgIpc) is 2.68. The lowest BCUT2D eigenvalue weighted by Crippen LogP contribution is -2.40. The number of aliphatic hydroxyl groups excluding tert-OH is 1. The Morgan fingerprint density at radius 3 is 2.33 bits per heavy atom. The van der Waals surface area contributed by atoms with E-state index in [4.69, 9.17) is 0 Å². The average molecular weight is 362 g/mol. The Labute approximate surface area is 160 Å². The summed E-state index contributed by atoms with van der Waals surface area (Å²) in [6.07, 6.45) is -0.719. The Bertz CT molecular complexity index is 888. The predicted molar refractivity (Wildman–Crippen MR) is 111 cm³/mol. The van der Waals surface area contributed by atoms with E-state index in [9.17, 15) is 9.90 Å². The first-order valence-corrected chi connectivity index (χ1v) is 9.31. The van der Waals surface area contributed by atoms with Crippen molar-refractivity contribution in [3.63, 3.8) is 0 Å². The second-order valence-corrected chi connectivity index (χ2v) is 7.18. The van der Waals surface area contributed by atoms with Crippen LogP contribution in [0.1, 0.15) is 25.5 Å². The molecule has 2 amide bonds. The highest BCUT2D eigenvalue weighted by Gasteiger charge is 2.20. The molecule has 4 heteroatoms. The molecule has 0 spiro atoms. The van der Waals surface area contributed by atoms with Gasteiger partial charge >= 0.3 is 6.03 Å². The van der Waals surface area contributed by atoms with Crippen molar-refractivity contribution in [3.05, 3.63) is 78.4 Å². The van der Waals surface area contributed by atoms with Crippen LogP contribution in [-0.2, 0) is 0 Å². The van der Waals surface area contributed by atoms with Gasteiger partial charge in [0.25, 0.3) is 0 Å². The highest BCUT2D eigenvalue weighted by Crippen LogP contribution is 2.24. The first kappa shape index (κ1) is 18.9. The van der Waals surface area contributed by atoms with Gasteiger partial charge in [-0.25, -0.2) is 4.79 Å². The lowest BCUT2D eigenvalue weighted by Gasteiger charge is -2.27. The molecule has 27 heavy (non-hydrogen) atoms. The van der Waals surface area contributed by atoms with Gasteiger partial charge in [0.05, 0.1) is 18.3 Å². The summed E-state index contributed by atoms with van der Waals surface area (Å²) in [6.45, 7) is 4.94. The second kappa shape index (κ2) is 8.69. The standard InChI is InChI=1S/C23H26N2O2/c1-17(2)15-25(16-22(26)19-10-4-3-5-11-19)23(27)24-21-14-8-12-18-9-6-7-13-20(18)21/h3-14,17,22,26H,15-16H2,1-2H3,(H,24,27)/t22-/m1/s1. The molecule has 140 valence electrons. The number of nitrogens with zero attached hydrogens (tertiary/aromatic N) is 1. The zero-order valence-corrected chi connectivity index (χ0v) is 15.8. The maximum absolute atomic E-state index is 13.0. The summed E-state index contributed by atoms with van der Waals surface area (Å²) in [6, 6.07) is 23.1. The van der Waals surface area contributed by atoms with E-state index >= 15 is 0 Å². The molecular formula is C23H26N2O2. The lowest BCUT2D eigenvalue weighted by atomic mass is 10.1. The van der Waals surface area contributed by atoms with Crippen LogP contribution in [0.25, 0.3) is 10.8 Å². The molecule has 4 nitrogen and oxygen atoms in total. The van der Waals surface area contributed by atoms with Crippen LogP contribution in [0.5, 0.6) is 0 Å². The van der Waals surface area contributed by atoms with Gasteiger partial charge in [-0.1, -0.05) is 80.6 Å². The molecule has 0 aliphatic heterocycles. The molecule has 0 aromatic heterocycles. The number of aliphatic hydroxyl groups is 1. The van der Waals surface area contributed by atoms with E-state index in [-0.39, 0.29) is 12.6 Å². The molecule has 3 aromatic carbocycles. The Morgan fingerprint density at radius 1 is 0.926 bits per heavy atom. The molecule has 3 rings (SSSR count). The SMILES string of the molecule is CC(C)CN(C[C@@H](O)c1ccccc1)C(=O)Nc1cccc2ccccc12. The summed E-state index contributed by atoms with van der Waals surface area (Å²) < 4.78 is 0. The number of hydrogen-bond donors (Lipinski definition) is 2. The first-order valence-electron chi connectivity index (χ1n) is 9.31. The van der Waals surface area contributed by atoms with E-state index in [1.807, 2.05) is 72.8 Å². The third-order valence-electron chi connectivity index (χ3n) is 4.48. The molecule has 0 saturated heterocycles. The Hall–Kier alpha value is -2.85. The van der Waals surface area contributed by atoms with Crippen LogP contribution >= 0.6 is 0 Å². The third kappa shape index (κ3) is 4.86. The number of carbonyl (C=O) groups is 1. The van der Waals surface area contributed by atoms with Crippen LogP contribution in [0.2, 0.25) is 0 Å². The van der Waals surface area contributed by atoms with Gasteiger partial charge in [0.2, 0.25) is 0 Å². The molecule has 0 saturated carbocycles. The number of anilines is 1. The largest absolute Gasteiger partial charge is 0.387 e. The molecule has 0 aliphatic carbocycles. The number of nitrogens with one attached hydrogen (secondary N) is 1. The maximum atomic E-state index is 13.0. The minimum atomic E-state index is -0.719. The van der Waals surface area contributed by atoms with E-state index in [1.165, 1.54) is 0 Å². The van der Waals surface area contributed by atoms with Gasteiger partial charge in [0.1, 0.15) is 0 Å². The summed E-state index contributed by atoms with van der Waals surface area (Å²) in [7, 11) is 0. The third-order valence-corrected chi connectivity index (χ3v) is 4.48. The van der Waals surface area contributed by atoms with Gasteiger partial charge in [-0.05, 0) is 22.9 Å². The summed E-state index contributed by atoms with van der Waals surface area (Å²) in [5.74, 6) is 0.297. The van der Waals surface area contributed by atoms with Crippen LogP contribution in [-0.4, -0.2) is 29.1 Å². The van der Waals surface area contributed by atoms with Crippen molar-refractivity contribution in [1.82, 2.24) is 4.90 Å². The van der Waals surface area contributed by atoms with Crippen LogP contribution in [0.4, 0.5) is 10.5 Å². The van der Waals surface area contributed by atoms with E-state index in [1.54, 1.807) is 4.90 Å². The number of carbonyl (C=O) groups excluding carboxylic acids is 1. The molecule has 0 heterocycles. The lowest BCUT2D eigenvalue weighted by molar-refractivity contribution is 0.121. The molecule has 2 N–H and O–H groups in total. The molecule has 0 fully saturated rings. The minimum absolute atomic E-state index is 0.199. The van der Waals surface area contributed by atoms with E-state index in [0.29, 0.717) is 12.5 Å². The molecule has 3 aromatic rings. The summed E-state index contributed by atoms with van der Waals surface area (Å²) in [5, 5.41) is 15.7. The van der Waals surface area contributed by atoms with Crippen molar-refractivity contribution in [2.45, 2.75) is 20.0 Å². The van der Waals surface area contributed by atoms with Crippen molar-refractivity contribution >= 4 is 22.5 Å². The number of rotatable bonds is 6. The zero-order valence-electron chi connectivity index (χ0n) is 15.8. The molecule has 0 radical (unpaired) electrons. The molecule has 0 unspecified atom stereocenters. The number of benzene rings is 3. The van der Waals surface area contributed by atoms with Crippen molar-refractivity contribution in [2.75, 3.05) is 18.4 Å². The number of hydrogen-bond acceptors (Lipinski definition) is 2. The summed E-state index contributed by atoms with van der Waals surface area (Å²) >= 11 is 0. The highest BCUT2D eigenvalue weighted by atomic mass is 16.3. The Morgan fingerprint density at radius 2 is 1.59 bits per heavy atom. The smallest absolute Gasteiger partial charge is 0.321 e. The van der Waals surface area contributed by atoms with Crippen LogP contribution in [0.3, 0.4) is 0 Å². The number of fused-ring (bicyclic) bond motifs is 1. The van der Waals surface area contributed by atoms with Gasteiger partial charge in [-0.3, -0.25) is 0 Å². The number of urea groups is 1.